The molecule has 2 aromatic rings. The maximum Gasteiger partial charge on any atom is 0.184 e. The maximum absolute atomic E-state index is 13.0. The van der Waals surface area contributed by atoms with Crippen LogP contribution in [-0.2, 0) is 7.05 Å². The molecule has 0 aromatic carbocycles. The molecule has 2 fully saturated rings. The summed E-state index contributed by atoms with van der Waals surface area (Å²) in [7, 11) is 4.05. The Kier molecular flexibility index (Phi) is 5.95. The lowest BCUT2D eigenvalue weighted by atomic mass is 9.91. The molecule has 2 aliphatic heterocycles. The monoisotopic (exact) mass is 383 g/mol. The van der Waals surface area contributed by atoms with Crippen molar-refractivity contribution in [2.24, 2.45) is 13.0 Å². The fourth-order valence-electron chi connectivity index (χ4n) is 4.60. The molecule has 0 radical (unpaired) electrons. The molecule has 28 heavy (non-hydrogen) atoms. The van der Waals surface area contributed by atoms with E-state index in [0.717, 1.165) is 55.9 Å². The summed E-state index contributed by atoms with van der Waals surface area (Å²) in [4.78, 5) is 22.6. The molecule has 0 saturated carbocycles. The van der Waals surface area contributed by atoms with Crippen molar-refractivity contribution in [2.75, 3.05) is 38.1 Å². The van der Waals surface area contributed by atoms with Crippen molar-refractivity contribution in [3.8, 4) is 0 Å². The molecule has 0 unspecified atom stereocenters. The van der Waals surface area contributed by atoms with Crippen LogP contribution in [0.4, 0.5) is 5.82 Å². The number of Topliss-reactive ketones (excluding diaryl/α,β-unsaturated/α-hetero) is 1. The third kappa shape index (κ3) is 4.22. The Labute approximate surface area is 167 Å². The van der Waals surface area contributed by atoms with Crippen molar-refractivity contribution < 1.29 is 4.79 Å². The third-order valence-corrected chi connectivity index (χ3v) is 6.43. The SMILES string of the molecule is CN1CCC(CC(=O)c2nn(C)c3nc(N4CCCCCCC4)ccc23)CC1. The van der Waals surface area contributed by atoms with Gasteiger partial charge in [0.05, 0.1) is 5.39 Å². The van der Waals surface area contributed by atoms with E-state index < -0.39 is 0 Å². The standard InChI is InChI=1S/C22H33N5O/c1-25-14-10-17(11-15-25)16-19(28)21-18-8-9-20(23-22(18)26(2)24-21)27-12-6-4-3-5-7-13-27/h8-9,17H,3-7,10-16H2,1-2H3. The predicted molar refractivity (Wildman–Crippen MR) is 113 cm³/mol. The third-order valence-electron chi connectivity index (χ3n) is 6.43. The van der Waals surface area contributed by atoms with Gasteiger partial charge in [0.2, 0.25) is 0 Å². The first-order valence-corrected chi connectivity index (χ1v) is 10.9. The molecule has 4 rings (SSSR count). The maximum atomic E-state index is 13.0. The normalized spacial score (nSPS) is 20.3. The van der Waals surface area contributed by atoms with Gasteiger partial charge in [-0.05, 0) is 63.9 Å². The van der Waals surface area contributed by atoms with Crippen LogP contribution in [-0.4, -0.2) is 58.7 Å². The van der Waals surface area contributed by atoms with E-state index in [1.165, 1.54) is 32.1 Å². The van der Waals surface area contributed by atoms with Gasteiger partial charge in [-0.3, -0.25) is 4.79 Å². The van der Waals surface area contributed by atoms with E-state index in [0.29, 0.717) is 18.0 Å². The van der Waals surface area contributed by atoms with Crippen LogP contribution in [0.15, 0.2) is 12.1 Å². The van der Waals surface area contributed by atoms with E-state index in [2.05, 4.69) is 34.1 Å². The molecular formula is C22H33N5O. The zero-order valence-electron chi connectivity index (χ0n) is 17.4. The minimum absolute atomic E-state index is 0.168. The van der Waals surface area contributed by atoms with Gasteiger partial charge in [-0.15, -0.1) is 0 Å². The number of fused-ring (bicyclic) bond motifs is 1. The average Bonchev–Trinajstić information content (AvgIpc) is 3.00. The molecule has 2 saturated heterocycles. The lowest BCUT2D eigenvalue weighted by Crippen LogP contribution is -2.31. The Morgan fingerprint density at radius 2 is 1.68 bits per heavy atom. The summed E-state index contributed by atoms with van der Waals surface area (Å²) in [5.74, 6) is 1.67. The number of piperidine rings is 1. The van der Waals surface area contributed by atoms with Crippen LogP contribution in [0.3, 0.4) is 0 Å². The topological polar surface area (TPSA) is 54.3 Å². The molecule has 0 atom stereocenters. The highest BCUT2D eigenvalue weighted by molar-refractivity contribution is 6.05. The fourth-order valence-corrected chi connectivity index (χ4v) is 4.60. The largest absolute Gasteiger partial charge is 0.357 e. The van der Waals surface area contributed by atoms with E-state index in [-0.39, 0.29) is 5.78 Å². The highest BCUT2D eigenvalue weighted by Gasteiger charge is 2.24. The molecule has 4 heterocycles. The Bertz CT molecular complexity index is 814. The highest BCUT2D eigenvalue weighted by Crippen LogP contribution is 2.26. The van der Waals surface area contributed by atoms with E-state index in [1.54, 1.807) is 4.68 Å². The molecule has 2 aliphatic rings. The molecule has 152 valence electrons. The second kappa shape index (κ2) is 8.60. The van der Waals surface area contributed by atoms with Crippen molar-refractivity contribution >= 4 is 22.6 Å². The quantitative estimate of drug-likeness (QED) is 0.754. The molecule has 0 amide bonds. The molecule has 6 heteroatoms. The molecule has 6 nitrogen and oxygen atoms in total. The first-order valence-electron chi connectivity index (χ1n) is 10.9. The smallest absolute Gasteiger partial charge is 0.184 e. The molecule has 0 aliphatic carbocycles. The summed E-state index contributed by atoms with van der Waals surface area (Å²) in [6, 6.07) is 4.14. The Hall–Kier alpha value is -1.95. The number of pyridine rings is 1. The second-order valence-corrected chi connectivity index (χ2v) is 8.64. The van der Waals surface area contributed by atoms with Crippen LogP contribution >= 0.6 is 0 Å². The lowest BCUT2D eigenvalue weighted by molar-refractivity contribution is 0.0932. The number of aryl methyl sites for hydroxylation is 1. The number of rotatable bonds is 4. The van der Waals surface area contributed by atoms with Crippen molar-refractivity contribution in [2.45, 2.75) is 51.4 Å². The van der Waals surface area contributed by atoms with Gasteiger partial charge in [0.1, 0.15) is 11.5 Å². The summed E-state index contributed by atoms with van der Waals surface area (Å²) in [5.41, 5.74) is 1.43. The van der Waals surface area contributed by atoms with Gasteiger partial charge in [0.25, 0.3) is 0 Å². The van der Waals surface area contributed by atoms with Crippen molar-refractivity contribution in [3.63, 3.8) is 0 Å². The van der Waals surface area contributed by atoms with Crippen LogP contribution in [0.5, 0.6) is 0 Å². The van der Waals surface area contributed by atoms with Gasteiger partial charge in [-0.1, -0.05) is 19.3 Å². The van der Waals surface area contributed by atoms with Crippen LogP contribution < -0.4 is 4.90 Å². The summed E-state index contributed by atoms with van der Waals surface area (Å²) in [5, 5.41) is 5.46. The number of carbonyl (C=O) groups is 1. The lowest BCUT2D eigenvalue weighted by Gasteiger charge is -2.28. The van der Waals surface area contributed by atoms with Gasteiger partial charge in [-0.25, -0.2) is 9.67 Å². The van der Waals surface area contributed by atoms with Crippen LogP contribution in [0.1, 0.15) is 61.9 Å². The second-order valence-electron chi connectivity index (χ2n) is 8.64. The summed E-state index contributed by atoms with van der Waals surface area (Å²) in [6.07, 6.45) is 9.23. The van der Waals surface area contributed by atoms with Gasteiger partial charge in [0, 0.05) is 26.6 Å². The molecule has 2 aromatic heterocycles. The van der Waals surface area contributed by atoms with E-state index >= 15 is 0 Å². The van der Waals surface area contributed by atoms with E-state index in [4.69, 9.17) is 4.98 Å². The first-order chi connectivity index (χ1) is 13.6. The molecule has 0 N–H and O–H groups in total. The zero-order valence-corrected chi connectivity index (χ0v) is 17.4. The summed E-state index contributed by atoms with van der Waals surface area (Å²) < 4.78 is 1.78. The minimum atomic E-state index is 0.168. The average molecular weight is 384 g/mol. The zero-order chi connectivity index (χ0) is 19.5. The predicted octanol–water partition coefficient (Wildman–Crippen LogP) is 3.65. The van der Waals surface area contributed by atoms with Crippen molar-refractivity contribution in [1.82, 2.24) is 19.7 Å². The first kappa shape index (κ1) is 19.4. The molecule has 0 spiro atoms. The molecule has 0 bridgehead atoms. The van der Waals surface area contributed by atoms with Crippen LogP contribution in [0, 0.1) is 5.92 Å². The number of anilines is 1. The van der Waals surface area contributed by atoms with Gasteiger partial charge in [-0.2, -0.15) is 5.10 Å². The van der Waals surface area contributed by atoms with E-state index in [1.807, 2.05) is 7.05 Å². The van der Waals surface area contributed by atoms with E-state index in [9.17, 15) is 4.79 Å². The number of hydrogen-bond acceptors (Lipinski definition) is 5. The molecular weight excluding hydrogens is 350 g/mol. The summed E-state index contributed by atoms with van der Waals surface area (Å²) >= 11 is 0. The Morgan fingerprint density at radius 1 is 1.00 bits per heavy atom. The van der Waals surface area contributed by atoms with Gasteiger partial charge >= 0.3 is 0 Å². The van der Waals surface area contributed by atoms with Crippen molar-refractivity contribution in [1.29, 1.82) is 0 Å². The van der Waals surface area contributed by atoms with Crippen LogP contribution in [0.2, 0.25) is 0 Å². The minimum Gasteiger partial charge on any atom is -0.357 e. The fraction of sp³-hybridized carbons (Fsp3) is 0.682. The van der Waals surface area contributed by atoms with Gasteiger partial charge in [0.15, 0.2) is 11.4 Å². The Morgan fingerprint density at radius 3 is 2.39 bits per heavy atom. The number of aromatic nitrogens is 3. The number of carbonyl (C=O) groups excluding carboxylic acids is 1. The number of hydrogen-bond donors (Lipinski definition) is 0. The highest BCUT2D eigenvalue weighted by atomic mass is 16.1. The van der Waals surface area contributed by atoms with Crippen LogP contribution in [0.25, 0.3) is 11.0 Å². The Balaban J connectivity index is 1.53. The number of nitrogens with zero attached hydrogens (tertiary/aromatic N) is 5. The van der Waals surface area contributed by atoms with Crippen molar-refractivity contribution in [3.05, 3.63) is 17.8 Å². The number of ketones is 1. The van der Waals surface area contributed by atoms with Gasteiger partial charge < -0.3 is 9.80 Å². The summed E-state index contributed by atoms with van der Waals surface area (Å²) in [6.45, 7) is 4.31. The number of likely N-dealkylation sites (tertiary alicyclic amines) is 1.